The van der Waals surface area contributed by atoms with Gasteiger partial charge >= 0.3 is 0 Å². The molecule has 0 radical (unpaired) electrons. The zero-order valence-electron chi connectivity index (χ0n) is 11.0. The van der Waals surface area contributed by atoms with Crippen LogP contribution in [0, 0.1) is 0 Å². The molecule has 1 fully saturated rings. The van der Waals surface area contributed by atoms with Gasteiger partial charge in [-0.3, -0.25) is 4.79 Å². The van der Waals surface area contributed by atoms with Gasteiger partial charge in [-0.15, -0.1) is 0 Å². The summed E-state index contributed by atoms with van der Waals surface area (Å²) < 4.78 is 5.65. The lowest BCUT2D eigenvalue weighted by Crippen LogP contribution is -2.64. The average Bonchev–Trinajstić information content (AvgIpc) is 2.65. The van der Waals surface area contributed by atoms with E-state index in [-0.39, 0.29) is 24.1 Å². The summed E-state index contributed by atoms with van der Waals surface area (Å²) in [7, 11) is 0. The highest BCUT2D eigenvalue weighted by Crippen LogP contribution is 2.39. The Balaban J connectivity index is 1.91. The molecule has 1 aliphatic heterocycles. The first-order valence-electron chi connectivity index (χ1n) is 6.64. The van der Waals surface area contributed by atoms with Crippen molar-refractivity contribution in [2.24, 2.45) is 5.73 Å². The van der Waals surface area contributed by atoms with E-state index in [1.54, 1.807) is 4.90 Å². The van der Waals surface area contributed by atoms with Crippen LogP contribution in [0.1, 0.15) is 29.3 Å². The zero-order valence-corrected chi connectivity index (χ0v) is 11.0. The molecular formula is C15H18N2O2. The van der Waals surface area contributed by atoms with Gasteiger partial charge in [0.2, 0.25) is 0 Å². The van der Waals surface area contributed by atoms with Crippen LogP contribution < -0.4 is 5.73 Å². The van der Waals surface area contributed by atoms with Crippen molar-refractivity contribution in [1.29, 1.82) is 0 Å². The van der Waals surface area contributed by atoms with E-state index in [2.05, 4.69) is 6.58 Å². The predicted molar refractivity (Wildman–Crippen MR) is 73.4 cm³/mol. The molecule has 1 heterocycles. The third kappa shape index (κ3) is 1.71. The third-order valence-electron chi connectivity index (χ3n) is 3.98. The van der Waals surface area contributed by atoms with Crippen LogP contribution in [0.15, 0.2) is 30.8 Å². The summed E-state index contributed by atoms with van der Waals surface area (Å²) in [6.07, 6.45) is 0.821. The maximum absolute atomic E-state index is 12.5. The molecule has 4 nitrogen and oxygen atoms in total. The van der Waals surface area contributed by atoms with Crippen LogP contribution in [0.2, 0.25) is 0 Å². The summed E-state index contributed by atoms with van der Waals surface area (Å²) in [5, 5.41) is 0. The molecule has 3 rings (SSSR count). The summed E-state index contributed by atoms with van der Waals surface area (Å²) in [5.41, 5.74) is 8.42. The molecule has 1 saturated carbocycles. The Kier molecular flexibility index (Phi) is 2.92. The van der Waals surface area contributed by atoms with Crippen LogP contribution in [0.5, 0.6) is 0 Å². The maximum atomic E-state index is 12.5. The van der Waals surface area contributed by atoms with Gasteiger partial charge in [0.1, 0.15) is 0 Å². The third-order valence-corrected chi connectivity index (χ3v) is 3.98. The molecule has 3 atom stereocenters. The molecule has 2 N–H and O–H groups in total. The molecule has 1 aliphatic carbocycles. The fourth-order valence-corrected chi connectivity index (χ4v) is 2.98. The summed E-state index contributed by atoms with van der Waals surface area (Å²) in [6.45, 7) is 6.64. The van der Waals surface area contributed by atoms with Crippen molar-refractivity contribution in [3.63, 3.8) is 0 Å². The molecule has 0 aromatic heterocycles. The van der Waals surface area contributed by atoms with E-state index in [0.29, 0.717) is 12.2 Å². The quantitative estimate of drug-likeness (QED) is 0.896. The van der Waals surface area contributed by atoms with Crippen LogP contribution in [0.4, 0.5) is 0 Å². The lowest BCUT2D eigenvalue weighted by atomic mass is 9.82. The smallest absolute Gasteiger partial charge is 0.259 e. The van der Waals surface area contributed by atoms with Gasteiger partial charge < -0.3 is 15.4 Å². The number of hydrogen-bond donors (Lipinski definition) is 1. The fraction of sp³-hybridized carbons (Fsp3) is 0.400. The van der Waals surface area contributed by atoms with Crippen molar-refractivity contribution in [3.05, 3.63) is 42.0 Å². The van der Waals surface area contributed by atoms with Gasteiger partial charge in [0.25, 0.3) is 5.91 Å². The molecule has 1 aromatic carbocycles. The second kappa shape index (κ2) is 4.47. The lowest BCUT2D eigenvalue weighted by Gasteiger charge is -2.47. The molecular weight excluding hydrogens is 240 g/mol. The number of fused-ring (bicyclic) bond motifs is 1. The van der Waals surface area contributed by atoms with Crippen LogP contribution in [0.25, 0.3) is 5.70 Å². The Morgan fingerprint density at radius 3 is 2.68 bits per heavy atom. The topological polar surface area (TPSA) is 55.6 Å². The van der Waals surface area contributed by atoms with E-state index in [1.807, 2.05) is 31.2 Å². The molecule has 0 saturated heterocycles. The molecule has 19 heavy (non-hydrogen) atoms. The number of nitrogens with zero attached hydrogens (tertiary/aromatic N) is 1. The number of rotatable bonds is 3. The van der Waals surface area contributed by atoms with Crippen molar-refractivity contribution >= 4 is 11.6 Å². The second-order valence-corrected chi connectivity index (χ2v) is 5.05. The van der Waals surface area contributed by atoms with Gasteiger partial charge in [-0.2, -0.15) is 0 Å². The van der Waals surface area contributed by atoms with Gasteiger partial charge in [0.15, 0.2) is 0 Å². The van der Waals surface area contributed by atoms with Gasteiger partial charge in [-0.25, -0.2) is 0 Å². The van der Waals surface area contributed by atoms with Crippen molar-refractivity contribution in [3.8, 4) is 0 Å². The van der Waals surface area contributed by atoms with E-state index in [9.17, 15) is 4.79 Å². The summed E-state index contributed by atoms with van der Waals surface area (Å²) >= 11 is 0. The van der Waals surface area contributed by atoms with Crippen molar-refractivity contribution in [2.45, 2.75) is 31.5 Å². The fourth-order valence-electron chi connectivity index (χ4n) is 2.98. The summed E-state index contributed by atoms with van der Waals surface area (Å²) in [5.74, 6) is -0.00884. The van der Waals surface area contributed by atoms with Crippen LogP contribution >= 0.6 is 0 Å². The van der Waals surface area contributed by atoms with E-state index in [0.717, 1.165) is 17.7 Å². The highest BCUT2D eigenvalue weighted by Gasteiger charge is 2.48. The largest absolute Gasteiger partial charge is 0.376 e. The summed E-state index contributed by atoms with van der Waals surface area (Å²) in [6, 6.07) is 7.42. The van der Waals surface area contributed by atoms with Crippen molar-refractivity contribution in [2.75, 3.05) is 6.61 Å². The number of ether oxygens (including phenoxy) is 1. The Morgan fingerprint density at radius 1 is 1.42 bits per heavy atom. The number of amides is 1. The molecule has 2 aliphatic rings. The zero-order chi connectivity index (χ0) is 13.6. The van der Waals surface area contributed by atoms with E-state index in [1.165, 1.54) is 0 Å². The highest BCUT2D eigenvalue weighted by molar-refractivity contribution is 6.09. The minimum Gasteiger partial charge on any atom is -0.376 e. The maximum Gasteiger partial charge on any atom is 0.259 e. The summed E-state index contributed by atoms with van der Waals surface area (Å²) in [4.78, 5) is 14.2. The molecule has 4 heteroatoms. The first-order valence-corrected chi connectivity index (χ1v) is 6.64. The first kappa shape index (κ1) is 12.4. The van der Waals surface area contributed by atoms with E-state index < -0.39 is 0 Å². The number of nitrogens with two attached hydrogens (primary N) is 1. The Morgan fingerprint density at radius 2 is 2.11 bits per heavy atom. The number of carbonyl (C=O) groups is 1. The normalized spacial score (nSPS) is 29.4. The molecule has 0 bridgehead atoms. The minimum absolute atomic E-state index is 0.00884. The first-order chi connectivity index (χ1) is 9.15. The average molecular weight is 258 g/mol. The Hall–Kier alpha value is -1.65. The van der Waals surface area contributed by atoms with Gasteiger partial charge in [-0.05, 0) is 19.4 Å². The predicted octanol–water partition coefficient (Wildman–Crippen LogP) is 1.62. The number of hydrogen-bond acceptors (Lipinski definition) is 3. The Labute approximate surface area is 112 Å². The van der Waals surface area contributed by atoms with Crippen LogP contribution in [-0.2, 0) is 4.74 Å². The molecule has 1 aromatic rings. The highest BCUT2D eigenvalue weighted by atomic mass is 16.5. The number of benzene rings is 1. The second-order valence-electron chi connectivity index (χ2n) is 5.05. The van der Waals surface area contributed by atoms with Crippen molar-refractivity contribution < 1.29 is 9.53 Å². The van der Waals surface area contributed by atoms with E-state index in [4.69, 9.17) is 10.5 Å². The van der Waals surface area contributed by atoms with E-state index >= 15 is 0 Å². The van der Waals surface area contributed by atoms with Gasteiger partial charge in [-0.1, -0.05) is 24.8 Å². The Bertz CT molecular complexity index is 504. The molecule has 1 amide bonds. The standard InChI is InChI=1S/C15H18N2O2/c1-3-19-13-8-12(16)14(13)17-9(2)10-6-4-5-7-11(10)15(17)18/h4-7,12-14H,2-3,8,16H2,1H3. The molecule has 0 spiro atoms. The van der Waals surface area contributed by atoms with Crippen LogP contribution in [0.3, 0.4) is 0 Å². The van der Waals surface area contributed by atoms with Crippen LogP contribution in [-0.4, -0.2) is 35.6 Å². The van der Waals surface area contributed by atoms with Gasteiger partial charge in [0, 0.05) is 29.5 Å². The molecule has 100 valence electrons. The van der Waals surface area contributed by atoms with Crippen molar-refractivity contribution in [1.82, 2.24) is 4.90 Å². The van der Waals surface area contributed by atoms with Gasteiger partial charge in [0.05, 0.1) is 12.1 Å². The monoisotopic (exact) mass is 258 g/mol. The molecule has 3 unspecified atom stereocenters. The minimum atomic E-state index is -0.0904. The lowest BCUT2D eigenvalue weighted by molar-refractivity contribution is -0.0557. The SMILES string of the molecule is C=C1c2ccccc2C(=O)N1C1C(N)CC1OCC. The number of carbonyl (C=O) groups excluding carboxylic acids is 1.